The molecule has 4 nitrogen and oxygen atoms in total. The Kier molecular flexibility index (Phi) is 3.68. The van der Waals surface area contributed by atoms with Gasteiger partial charge < -0.3 is 0 Å². The molecule has 0 radical (unpaired) electrons. The summed E-state index contributed by atoms with van der Waals surface area (Å²) in [7, 11) is -3.58. The smallest absolute Gasteiger partial charge is 0.263 e. The highest BCUT2D eigenvalue weighted by Gasteiger charge is 2.15. The predicted octanol–water partition coefficient (Wildman–Crippen LogP) is 2.95. The lowest BCUT2D eigenvalue weighted by Crippen LogP contribution is -2.14. The van der Waals surface area contributed by atoms with Gasteiger partial charge in [0, 0.05) is 10.7 Å². The Balaban J connectivity index is 2.34. The van der Waals surface area contributed by atoms with Crippen molar-refractivity contribution in [1.29, 1.82) is 0 Å². The lowest BCUT2D eigenvalue weighted by Gasteiger charge is -2.09. The molecular formula is C12H11BrN2O2S. The zero-order chi connectivity index (χ0) is 13.2. The first-order valence-electron chi connectivity index (χ1n) is 5.19. The van der Waals surface area contributed by atoms with Crippen molar-refractivity contribution in [3.05, 3.63) is 52.6 Å². The molecule has 0 amide bonds. The molecule has 94 valence electrons. The van der Waals surface area contributed by atoms with Crippen LogP contribution in [0.5, 0.6) is 0 Å². The first kappa shape index (κ1) is 13.0. The first-order valence-corrected chi connectivity index (χ1v) is 7.47. The van der Waals surface area contributed by atoms with E-state index in [9.17, 15) is 8.42 Å². The molecule has 0 atom stereocenters. The normalized spacial score (nSPS) is 11.2. The fourth-order valence-electron chi connectivity index (χ4n) is 1.43. The van der Waals surface area contributed by atoms with E-state index in [1.54, 1.807) is 37.4 Å². The Morgan fingerprint density at radius 1 is 1.22 bits per heavy atom. The molecule has 1 N–H and O–H groups in total. The standard InChI is InChI=1S/C12H11BrN2O2S/c1-9-7-10(13)8-14-12(9)15-18(16,17)11-5-3-2-4-6-11/h2-8H,1H3,(H,14,15). The number of nitrogens with zero attached hydrogens (tertiary/aromatic N) is 1. The van der Waals surface area contributed by atoms with Gasteiger partial charge in [-0.1, -0.05) is 18.2 Å². The molecule has 1 heterocycles. The maximum atomic E-state index is 12.1. The summed E-state index contributed by atoms with van der Waals surface area (Å²) in [5.41, 5.74) is 0.754. The first-order chi connectivity index (χ1) is 8.49. The van der Waals surface area contributed by atoms with E-state index in [0.29, 0.717) is 5.82 Å². The average Bonchev–Trinajstić information content (AvgIpc) is 2.34. The van der Waals surface area contributed by atoms with Gasteiger partial charge in [0.05, 0.1) is 4.90 Å². The van der Waals surface area contributed by atoms with Crippen molar-refractivity contribution in [2.45, 2.75) is 11.8 Å². The zero-order valence-corrected chi connectivity index (χ0v) is 12.0. The third kappa shape index (κ3) is 2.88. The van der Waals surface area contributed by atoms with Gasteiger partial charge in [-0.15, -0.1) is 0 Å². The van der Waals surface area contributed by atoms with Crippen molar-refractivity contribution in [3.8, 4) is 0 Å². The van der Waals surface area contributed by atoms with Gasteiger partial charge in [0.2, 0.25) is 0 Å². The van der Waals surface area contributed by atoms with Gasteiger partial charge >= 0.3 is 0 Å². The summed E-state index contributed by atoms with van der Waals surface area (Å²) < 4.78 is 27.4. The Hall–Kier alpha value is -1.40. The van der Waals surface area contributed by atoms with Crippen molar-refractivity contribution >= 4 is 31.8 Å². The van der Waals surface area contributed by atoms with Crippen LogP contribution in [0.25, 0.3) is 0 Å². The van der Waals surface area contributed by atoms with Gasteiger partial charge in [-0.05, 0) is 46.6 Å². The van der Waals surface area contributed by atoms with Crippen molar-refractivity contribution < 1.29 is 8.42 Å². The van der Waals surface area contributed by atoms with Gasteiger partial charge in [0.25, 0.3) is 10.0 Å². The van der Waals surface area contributed by atoms with Crippen LogP contribution in [0.4, 0.5) is 5.82 Å². The molecule has 18 heavy (non-hydrogen) atoms. The minimum Gasteiger partial charge on any atom is -0.263 e. The summed E-state index contributed by atoms with van der Waals surface area (Å²) >= 11 is 3.28. The molecule has 1 aromatic carbocycles. The molecule has 0 spiro atoms. The summed E-state index contributed by atoms with van der Waals surface area (Å²) in [5.74, 6) is 0.335. The van der Waals surface area contributed by atoms with Crippen LogP contribution in [0.3, 0.4) is 0 Å². The van der Waals surface area contributed by atoms with Crippen molar-refractivity contribution in [1.82, 2.24) is 4.98 Å². The van der Waals surface area contributed by atoms with Gasteiger partial charge in [-0.2, -0.15) is 0 Å². The zero-order valence-electron chi connectivity index (χ0n) is 9.59. The maximum Gasteiger partial charge on any atom is 0.263 e. The van der Waals surface area contributed by atoms with Crippen LogP contribution >= 0.6 is 15.9 Å². The quantitative estimate of drug-likeness (QED) is 0.943. The lowest BCUT2D eigenvalue weighted by atomic mass is 10.3. The van der Waals surface area contributed by atoms with Gasteiger partial charge in [0.15, 0.2) is 0 Å². The summed E-state index contributed by atoms with van der Waals surface area (Å²) in [6, 6.07) is 10.00. The molecule has 6 heteroatoms. The highest BCUT2D eigenvalue weighted by Crippen LogP contribution is 2.20. The summed E-state index contributed by atoms with van der Waals surface area (Å²) in [4.78, 5) is 4.27. The largest absolute Gasteiger partial charge is 0.263 e. The highest BCUT2D eigenvalue weighted by molar-refractivity contribution is 9.10. The predicted molar refractivity (Wildman–Crippen MR) is 73.9 cm³/mol. The topological polar surface area (TPSA) is 59.1 Å². The second-order valence-corrected chi connectivity index (χ2v) is 6.34. The summed E-state index contributed by atoms with van der Waals surface area (Å²) in [5, 5.41) is 0. The number of anilines is 1. The van der Waals surface area contributed by atoms with E-state index in [1.807, 2.05) is 0 Å². The molecule has 0 saturated heterocycles. The number of rotatable bonds is 3. The molecule has 0 saturated carbocycles. The van der Waals surface area contributed by atoms with Crippen LogP contribution in [0.2, 0.25) is 0 Å². The minimum absolute atomic E-state index is 0.217. The van der Waals surface area contributed by atoms with E-state index in [0.717, 1.165) is 10.0 Å². The third-order valence-electron chi connectivity index (χ3n) is 2.33. The van der Waals surface area contributed by atoms with Crippen molar-refractivity contribution in [2.75, 3.05) is 4.72 Å². The van der Waals surface area contributed by atoms with Gasteiger partial charge in [-0.25, -0.2) is 13.4 Å². The number of aryl methyl sites for hydroxylation is 1. The second-order valence-electron chi connectivity index (χ2n) is 3.74. The molecule has 1 aromatic heterocycles. The third-order valence-corrected chi connectivity index (χ3v) is 4.12. The Bertz CT molecular complexity index is 657. The van der Waals surface area contributed by atoms with Crippen LogP contribution in [0, 0.1) is 6.92 Å². The Morgan fingerprint density at radius 3 is 2.50 bits per heavy atom. The fourth-order valence-corrected chi connectivity index (χ4v) is 2.98. The van der Waals surface area contributed by atoms with Crippen molar-refractivity contribution in [2.24, 2.45) is 0 Å². The lowest BCUT2D eigenvalue weighted by molar-refractivity contribution is 0.601. The molecule has 0 fully saturated rings. The number of hydrogen-bond acceptors (Lipinski definition) is 3. The molecule has 0 unspecified atom stereocenters. The van der Waals surface area contributed by atoms with Crippen LogP contribution in [0.1, 0.15) is 5.56 Å². The summed E-state index contributed by atoms with van der Waals surface area (Å²) in [6.07, 6.45) is 1.55. The highest BCUT2D eigenvalue weighted by atomic mass is 79.9. The van der Waals surface area contributed by atoms with Crippen LogP contribution < -0.4 is 4.72 Å². The molecule has 0 aliphatic carbocycles. The van der Waals surface area contributed by atoms with Crippen LogP contribution in [0.15, 0.2) is 52.0 Å². The van der Waals surface area contributed by atoms with E-state index >= 15 is 0 Å². The number of hydrogen-bond donors (Lipinski definition) is 1. The number of halogens is 1. The van der Waals surface area contributed by atoms with E-state index in [4.69, 9.17) is 0 Å². The number of nitrogens with one attached hydrogen (secondary N) is 1. The number of pyridine rings is 1. The summed E-state index contributed by atoms with van der Waals surface area (Å²) in [6.45, 7) is 1.79. The molecule has 2 rings (SSSR count). The Morgan fingerprint density at radius 2 is 1.89 bits per heavy atom. The van der Waals surface area contributed by atoms with Gasteiger partial charge in [-0.3, -0.25) is 4.72 Å². The SMILES string of the molecule is Cc1cc(Br)cnc1NS(=O)(=O)c1ccccc1. The van der Waals surface area contributed by atoms with Crippen LogP contribution in [-0.4, -0.2) is 13.4 Å². The van der Waals surface area contributed by atoms with Crippen LogP contribution in [-0.2, 0) is 10.0 Å². The van der Waals surface area contributed by atoms with Crippen molar-refractivity contribution in [3.63, 3.8) is 0 Å². The van der Waals surface area contributed by atoms with E-state index in [-0.39, 0.29) is 4.90 Å². The molecule has 0 aliphatic rings. The molecule has 2 aromatic rings. The van der Waals surface area contributed by atoms with E-state index in [2.05, 4.69) is 25.6 Å². The molecule has 0 bridgehead atoms. The van der Waals surface area contributed by atoms with Gasteiger partial charge in [0.1, 0.15) is 5.82 Å². The molecule has 0 aliphatic heterocycles. The number of aromatic nitrogens is 1. The van der Waals surface area contributed by atoms with E-state index < -0.39 is 10.0 Å². The Labute approximate surface area is 114 Å². The number of sulfonamides is 1. The minimum atomic E-state index is -3.58. The average molecular weight is 327 g/mol. The fraction of sp³-hybridized carbons (Fsp3) is 0.0833. The molecular weight excluding hydrogens is 316 g/mol. The number of benzene rings is 1. The maximum absolute atomic E-state index is 12.1. The van der Waals surface area contributed by atoms with E-state index in [1.165, 1.54) is 12.1 Å². The monoisotopic (exact) mass is 326 g/mol. The second kappa shape index (κ2) is 5.07.